The van der Waals surface area contributed by atoms with Crippen molar-refractivity contribution in [2.45, 2.75) is 71.4 Å². The second-order valence-corrected chi connectivity index (χ2v) is 8.10. The van der Waals surface area contributed by atoms with Crippen molar-refractivity contribution in [3.05, 3.63) is 76.9 Å². The van der Waals surface area contributed by atoms with Crippen LogP contribution in [0.5, 0.6) is 5.75 Å². The summed E-state index contributed by atoms with van der Waals surface area (Å²) in [4.78, 5) is 0. The molecule has 0 spiro atoms. The molecular formula is C25H34O4. The summed E-state index contributed by atoms with van der Waals surface area (Å²) in [7, 11) is 0. The zero-order valence-electron chi connectivity index (χ0n) is 18.0. The molecule has 3 N–H and O–H groups in total. The number of aliphatic hydroxyl groups excluding tert-OH is 2. The molecule has 0 fully saturated rings. The number of hydrogen-bond acceptors (Lipinski definition) is 4. The third-order valence-corrected chi connectivity index (χ3v) is 5.63. The summed E-state index contributed by atoms with van der Waals surface area (Å²) < 4.78 is 5.97. The van der Waals surface area contributed by atoms with E-state index in [9.17, 15) is 15.3 Å². The number of hydrogen-bond donors (Lipinski definition) is 3. The van der Waals surface area contributed by atoms with Crippen LogP contribution in [0.2, 0.25) is 0 Å². The van der Waals surface area contributed by atoms with Gasteiger partial charge in [0.15, 0.2) is 0 Å². The van der Waals surface area contributed by atoms with Crippen LogP contribution >= 0.6 is 0 Å². The van der Waals surface area contributed by atoms with Crippen molar-refractivity contribution in [1.29, 1.82) is 0 Å². The van der Waals surface area contributed by atoms with Crippen LogP contribution in [0, 0.1) is 0 Å². The molecule has 0 radical (unpaired) electrons. The second-order valence-electron chi connectivity index (χ2n) is 8.10. The molecule has 0 saturated heterocycles. The van der Waals surface area contributed by atoms with Gasteiger partial charge in [-0.25, -0.2) is 0 Å². The first kappa shape index (κ1) is 23.1. The fourth-order valence-electron chi connectivity index (χ4n) is 3.17. The Morgan fingerprint density at radius 1 is 0.897 bits per heavy atom. The lowest BCUT2D eigenvalue weighted by Crippen LogP contribution is -2.25. The number of benzene rings is 2. The van der Waals surface area contributed by atoms with E-state index >= 15 is 0 Å². The van der Waals surface area contributed by atoms with Gasteiger partial charge in [0.2, 0.25) is 0 Å². The average Bonchev–Trinajstić information content (AvgIpc) is 2.76. The molecule has 0 bridgehead atoms. The van der Waals surface area contributed by atoms with Crippen molar-refractivity contribution in [3.63, 3.8) is 0 Å². The first-order valence-electron chi connectivity index (χ1n) is 10.3. The van der Waals surface area contributed by atoms with E-state index in [-0.39, 0.29) is 18.6 Å². The maximum absolute atomic E-state index is 10.5. The van der Waals surface area contributed by atoms with Crippen molar-refractivity contribution >= 4 is 0 Å². The molecule has 29 heavy (non-hydrogen) atoms. The van der Waals surface area contributed by atoms with Crippen molar-refractivity contribution in [3.8, 4) is 5.75 Å². The predicted octanol–water partition coefficient (Wildman–Crippen LogP) is 4.64. The average molecular weight is 399 g/mol. The first-order chi connectivity index (χ1) is 13.8. The summed E-state index contributed by atoms with van der Waals surface area (Å²) >= 11 is 0. The van der Waals surface area contributed by atoms with E-state index in [1.54, 1.807) is 0 Å². The van der Waals surface area contributed by atoms with Crippen LogP contribution in [0.3, 0.4) is 0 Å². The molecule has 2 rings (SSSR count). The van der Waals surface area contributed by atoms with E-state index in [4.69, 9.17) is 4.74 Å². The lowest BCUT2D eigenvalue weighted by molar-refractivity contribution is 0.0821. The predicted molar refractivity (Wildman–Crippen MR) is 117 cm³/mol. The van der Waals surface area contributed by atoms with Gasteiger partial charge >= 0.3 is 0 Å². The molecule has 4 nitrogen and oxygen atoms in total. The van der Waals surface area contributed by atoms with E-state index in [2.05, 4.69) is 26.0 Å². The summed E-state index contributed by atoms with van der Waals surface area (Å²) in [5, 5.41) is 29.3. The van der Waals surface area contributed by atoms with Crippen molar-refractivity contribution in [2.75, 3.05) is 0 Å². The molecule has 0 aliphatic heterocycles. The van der Waals surface area contributed by atoms with Crippen molar-refractivity contribution in [2.24, 2.45) is 0 Å². The van der Waals surface area contributed by atoms with Crippen LogP contribution in [0.15, 0.2) is 54.6 Å². The fourth-order valence-corrected chi connectivity index (χ4v) is 3.17. The molecule has 0 amide bonds. The number of ether oxygens (including phenoxy) is 1. The highest BCUT2D eigenvalue weighted by Crippen LogP contribution is 2.30. The summed E-state index contributed by atoms with van der Waals surface area (Å²) in [6.45, 7) is 8.40. The highest BCUT2D eigenvalue weighted by atomic mass is 16.5. The molecule has 0 saturated carbocycles. The SMILES string of the molecule is CCC(O)(C=CC(C)(C)c1cccc(OCc2ccc(CO)c(CO)c2)c1)CC. The minimum absolute atomic E-state index is 0.0904. The Balaban J connectivity index is 2.14. The van der Waals surface area contributed by atoms with Gasteiger partial charge in [0, 0.05) is 5.41 Å². The molecule has 0 unspecified atom stereocenters. The van der Waals surface area contributed by atoms with E-state index in [0.717, 1.165) is 22.4 Å². The quantitative estimate of drug-likeness (QED) is 0.510. The van der Waals surface area contributed by atoms with Crippen LogP contribution in [0.1, 0.15) is 62.8 Å². The maximum Gasteiger partial charge on any atom is 0.120 e. The van der Waals surface area contributed by atoms with Gasteiger partial charge in [0.1, 0.15) is 12.4 Å². The molecule has 0 aliphatic carbocycles. The highest BCUT2D eigenvalue weighted by molar-refractivity contribution is 5.37. The Morgan fingerprint density at radius 3 is 2.21 bits per heavy atom. The molecule has 0 atom stereocenters. The van der Waals surface area contributed by atoms with Crippen LogP contribution in [-0.2, 0) is 25.2 Å². The second kappa shape index (κ2) is 10.1. The number of rotatable bonds is 10. The summed E-state index contributed by atoms with van der Waals surface area (Å²) in [5.41, 5.74) is 2.47. The van der Waals surface area contributed by atoms with Crippen molar-refractivity contribution in [1.82, 2.24) is 0 Å². The number of allylic oxidation sites excluding steroid dienone is 1. The normalized spacial score (nSPS) is 12.5. The molecular weight excluding hydrogens is 364 g/mol. The first-order valence-corrected chi connectivity index (χ1v) is 10.3. The van der Waals surface area contributed by atoms with Crippen LogP contribution < -0.4 is 4.74 Å². The molecule has 0 aromatic heterocycles. The summed E-state index contributed by atoms with van der Waals surface area (Å²) in [5.74, 6) is 0.766. The van der Waals surface area contributed by atoms with Gasteiger partial charge in [-0.05, 0) is 53.3 Å². The van der Waals surface area contributed by atoms with Crippen LogP contribution in [0.4, 0.5) is 0 Å². The highest BCUT2D eigenvalue weighted by Gasteiger charge is 2.22. The Labute approximate surface area is 174 Å². The van der Waals surface area contributed by atoms with Crippen LogP contribution in [-0.4, -0.2) is 20.9 Å². The minimum Gasteiger partial charge on any atom is -0.489 e. The van der Waals surface area contributed by atoms with E-state index in [0.29, 0.717) is 25.0 Å². The molecule has 2 aromatic carbocycles. The summed E-state index contributed by atoms with van der Waals surface area (Å²) in [6.07, 6.45) is 5.36. The smallest absolute Gasteiger partial charge is 0.120 e. The zero-order chi connectivity index (χ0) is 21.5. The Bertz CT molecular complexity index is 819. The van der Waals surface area contributed by atoms with Gasteiger partial charge < -0.3 is 20.1 Å². The third kappa shape index (κ3) is 6.17. The molecule has 158 valence electrons. The Kier molecular flexibility index (Phi) is 8.03. The Hall–Kier alpha value is -2.14. The largest absolute Gasteiger partial charge is 0.489 e. The Morgan fingerprint density at radius 2 is 1.59 bits per heavy atom. The zero-order valence-corrected chi connectivity index (χ0v) is 18.0. The lowest BCUT2D eigenvalue weighted by Gasteiger charge is -2.26. The molecule has 4 heteroatoms. The van der Waals surface area contributed by atoms with E-state index in [1.807, 2.05) is 56.3 Å². The van der Waals surface area contributed by atoms with Crippen molar-refractivity contribution < 1.29 is 20.1 Å². The topological polar surface area (TPSA) is 69.9 Å². The van der Waals surface area contributed by atoms with Gasteiger partial charge in [0.05, 0.1) is 18.8 Å². The van der Waals surface area contributed by atoms with Gasteiger partial charge in [0.25, 0.3) is 0 Å². The monoisotopic (exact) mass is 398 g/mol. The fraction of sp³-hybridized carbons (Fsp3) is 0.440. The van der Waals surface area contributed by atoms with Gasteiger partial charge in [-0.3, -0.25) is 0 Å². The van der Waals surface area contributed by atoms with E-state index in [1.165, 1.54) is 0 Å². The standard InChI is InChI=1S/C25H34O4/c1-5-25(28,6-2)13-12-24(3,4)22-8-7-9-23(15-22)29-18-19-10-11-20(16-26)21(14-19)17-27/h7-15,26-28H,5-6,16-18H2,1-4H3. The van der Waals surface area contributed by atoms with Gasteiger partial charge in [-0.1, -0.05) is 64.1 Å². The van der Waals surface area contributed by atoms with Gasteiger partial charge in [-0.15, -0.1) is 0 Å². The number of aliphatic hydroxyl groups is 3. The van der Waals surface area contributed by atoms with Gasteiger partial charge in [-0.2, -0.15) is 0 Å². The third-order valence-electron chi connectivity index (χ3n) is 5.63. The van der Waals surface area contributed by atoms with E-state index < -0.39 is 5.60 Å². The summed E-state index contributed by atoms with van der Waals surface area (Å²) in [6, 6.07) is 13.6. The molecule has 0 heterocycles. The minimum atomic E-state index is -0.767. The maximum atomic E-state index is 10.5. The lowest BCUT2D eigenvalue weighted by atomic mass is 9.82. The molecule has 2 aromatic rings. The molecule has 0 aliphatic rings. The van der Waals surface area contributed by atoms with Crippen LogP contribution in [0.25, 0.3) is 0 Å².